The molecule has 0 aromatic carbocycles. The second-order valence-electron chi connectivity index (χ2n) is 9.16. The maximum Gasteiger partial charge on any atom is 0.0794 e. The van der Waals surface area contributed by atoms with E-state index in [9.17, 15) is 0 Å². The van der Waals surface area contributed by atoms with Crippen molar-refractivity contribution in [3.8, 4) is 0 Å². The van der Waals surface area contributed by atoms with Crippen LogP contribution in [0.2, 0.25) is 0 Å². The fourth-order valence-corrected chi connectivity index (χ4v) is 3.64. The number of ether oxygens (including phenoxy) is 1. The summed E-state index contributed by atoms with van der Waals surface area (Å²) in [6, 6.07) is 4.06. The van der Waals surface area contributed by atoms with Crippen molar-refractivity contribution in [2.75, 3.05) is 40.9 Å². The summed E-state index contributed by atoms with van der Waals surface area (Å²) in [6.45, 7) is 31.6. The molecule has 2 aromatic rings. The van der Waals surface area contributed by atoms with Crippen molar-refractivity contribution < 1.29 is 4.74 Å². The van der Waals surface area contributed by atoms with E-state index in [0.29, 0.717) is 0 Å². The van der Waals surface area contributed by atoms with Crippen LogP contribution in [0.4, 0.5) is 0 Å². The molecule has 0 unspecified atom stereocenters. The molecule has 256 valence electrons. The molecule has 0 radical (unpaired) electrons. The lowest BCUT2D eigenvalue weighted by molar-refractivity contribution is 0.198. The van der Waals surface area contributed by atoms with Crippen molar-refractivity contribution in [1.82, 2.24) is 24.7 Å². The maximum atomic E-state index is 4.94. The SMILES string of the molecule is C/C=C(\C)N(C)CC.C/C=C(\C)N(C)Cc1cccnc1.C/C=C(\C)N(C)Cc1cncs1.C1CCOC1.CC.CC.CC. The van der Waals surface area contributed by atoms with E-state index in [-0.39, 0.29) is 0 Å². The van der Waals surface area contributed by atoms with E-state index >= 15 is 0 Å². The summed E-state index contributed by atoms with van der Waals surface area (Å²) >= 11 is 1.70. The van der Waals surface area contributed by atoms with Crippen molar-refractivity contribution in [2.45, 2.75) is 116 Å². The van der Waals surface area contributed by atoms with Gasteiger partial charge in [-0.05, 0) is 72.9 Å². The van der Waals surface area contributed by atoms with E-state index in [1.807, 2.05) is 65.5 Å². The van der Waals surface area contributed by atoms with Gasteiger partial charge in [-0.15, -0.1) is 11.3 Å². The van der Waals surface area contributed by atoms with Crippen molar-refractivity contribution in [2.24, 2.45) is 0 Å². The van der Waals surface area contributed by atoms with Crippen LogP contribution < -0.4 is 0 Å². The Morgan fingerprint density at radius 1 is 0.750 bits per heavy atom. The number of thiazole rings is 1. The third-order valence-corrected chi connectivity index (χ3v) is 7.14. The Kier molecular flexibility index (Phi) is 40.1. The van der Waals surface area contributed by atoms with E-state index in [1.165, 1.54) is 40.4 Å². The van der Waals surface area contributed by atoms with Crippen LogP contribution in [0.25, 0.3) is 0 Å². The largest absolute Gasteiger partial charge is 0.381 e. The number of hydrogen-bond donors (Lipinski definition) is 0. The van der Waals surface area contributed by atoms with E-state index in [4.69, 9.17) is 4.74 Å². The molecular formula is C37H71N5OS. The summed E-state index contributed by atoms with van der Waals surface area (Å²) in [4.78, 5) is 16.0. The predicted octanol–water partition coefficient (Wildman–Crippen LogP) is 10.7. The van der Waals surface area contributed by atoms with Crippen molar-refractivity contribution in [3.63, 3.8) is 0 Å². The van der Waals surface area contributed by atoms with Gasteiger partial charge in [-0.3, -0.25) is 9.97 Å². The monoisotopic (exact) mass is 634 g/mol. The van der Waals surface area contributed by atoms with Gasteiger partial charge in [0.25, 0.3) is 0 Å². The Morgan fingerprint density at radius 2 is 1.23 bits per heavy atom. The van der Waals surface area contributed by atoms with Gasteiger partial charge in [0.05, 0.1) is 12.1 Å². The highest BCUT2D eigenvalue weighted by molar-refractivity contribution is 7.09. The molecule has 0 N–H and O–H groups in total. The van der Waals surface area contributed by atoms with Crippen molar-refractivity contribution >= 4 is 11.3 Å². The van der Waals surface area contributed by atoms with Gasteiger partial charge in [-0.25, -0.2) is 0 Å². The van der Waals surface area contributed by atoms with Crippen LogP contribution in [-0.4, -0.2) is 65.6 Å². The molecule has 0 bridgehead atoms. The minimum absolute atomic E-state index is 0.921. The Bertz CT molecular complexity index is 900. The number of allylic oxidation sites excluding steroid dienone is 6. The van der Waals surface area contributed by atoms with Gasteiger partial charge in [0.2, 0.25) is 0 Å². The standard InChI is InChI=1S/C11H16N2.C9H14N2S.C7H15N.C4H8O.3C2H6/c1-4-10(2)13(3)9-11-6-5-7-12-8-11;1-4-8(2)11(3)6-9-5-10-7-12-9;1-5-7(3)8(4)6-2;1-2-4-5-3-1;3*1-2/h4-8H,9H2,1-3H3;4-5,7H,6H2,1-3H3;5H,6H2,1-4H3;1-4H2;3*1-2H3/b10-4+;8-4+;7-5+;;;;. The van der Waals surface area contributed by atoms with E-state index in [0.717, 1.165) is 32.8 Å². The molecule has 1 saturated heterocycles. The molecule has 1 fully saturated rings. The third-order valence-electron chi connectivity index (χ3n) is 6.38. The first-order valence-electron chi connectivity index (χ1n) is 16.6. The molecule has 44 heavy (non-hydrogen) atoms. The second kappa shape index (κ2) is 36.6. The minimum Gasteiger partial charge on any atom is -0.381 e. The van der Waals surface area contributed by atoms with Crippen LogP contribution in [-0.2, 0) is 17.8 Å². The van der Waals surface area contributed by atoms with Crippen molar-refractivity contribution in [1.29, 1.82) is 0 Å². The third kappa shape index (κ3) is 28.1. The first kappa shape index (κ1) is 48.3. The lowest BCUT2D eigenvalue weighted by Gasteiger charge is -2.19. The van der Waals surface area contributed by atoms with E-state index in [1.54, 1.807) is 17.5 Å². The highest BCUT2D eigenvalue weighted by atomic mass is 32.1. The maximum absolute atomic E-state index is 4.94. The van der Waals surface area contributed by atoms with Crippen LogP contribution in [0.5, 0.6) is 0 Å². The number of nitrogens with zero attached hydrogens (tertiary/aromatic N) is 5. The minimum atomic E-state index is 0.921. The smallest absolute Gasteiger partial charge is 0.0794 e. The van der Waals surface area contributed by atoms with Gasteiger partial charge in [-0.1, -0.05) is 65.8 Å². The van der Waals surface area contributed by atoms with Gasteiger partial charge in [-0.2, -0.15) is 0 Å². The topological polar surface area (TPSA) is 44.7 Å². The van der Waals surface area contributed by atoms with E-state index < -0.39 is 0 Å². The molecule has 3 rings (SSSR count). The highest BCUT2D eigenvalue weighted by Crippen LogP contribution is 2.11. The average molecular weight is 634 g/mol. The highest BCUT2D eigenvalue weighted by Gasteiger charge is 2.01. The summed E-state index contributed by atoms with van der Waals surface area (Å²) in [7, 11) is 6.27. The number of hydrogen-bond acceptors (Lipinski definition) is 7. The summed E-state index contributed by atoms with van der Waals surface area (Å²) in [6.07, 6.45) is 14.5. The molecule has 0 saturated carbocycles. The first-order valence-corrected chi connectivity index (χ1v) is 17.4. The zero-order valence-corrected chi connectivity index (χ0v) is 32.5. The van der Waals surface area contributed by atoms with Gasteiger partial charge < -0.3 is 19.4 Å². The average Bonchev–Trinajstić information content (AvgIpc) is 3.85. The number of aromatic nitrogens is 2. The summed E-state index contributed by atoms with van der Waals surface area (Å²) in [5.41, 5.74) is 7.03. The lowest BCUT2D eigenvalue weighted by atomic mass is 10.2. The zero-order valence-electron chi connectivity index (χ0n) is 31.7. The first-order chi connectivity index (χ1) is 21.2. The molecule has 0 amide bonds. The Labute approximate surface area is 279 Å². The fourth-order valence-electron chi connectivity index (χ4n) is 2.99. The van der Waals surface area contributed by atoms with Crippen LogP contribution >= 0.6 is 11.3 Å². The molecule has 2 aromatic heterocycles. The van der Waals surface area contributed by atoms with Crippen molar-refractivity contribution in [3.05, 3.63) is 82.0 Å². The van der Waals surface area contributed by atoms with Crippen LogP contribution in [0.3, 0.4) is 0 Å². The molecule has 0 atom stereocenters. The molecule has 1 aliphatic rings. The molecule has 6 nitrogen and oxygen atoms in total. The summed E-state index contributed by atoms with van der Waals surface area (Å²) in [5, 5.41) is 0. The number of rotatable bonds is 8. The fraction of sp³-hybridized carbons (Fsp3) is 0.622. The molecule has 1 aliphatic heterocycles. The number of pyridine rings is 1. The van der Waals surface area contributed by atoms with Crippen LogP contribution in [0.1, 0.15) is 113 Å². The Morgan fingerprint density at radius 3 is 1.55 bits per heavy atom. The molecule has 3 heterocycles. The summed E-state index contributed by atoms with van der Waals surface area (Å²) in [5.74, 6) is 0. The Hall–Kier alpha value is -2.64. The molecule has 7 heteroatoms. The normalized spacial score (nSPS) is 11.9. The van der Waals surface area contributed by atoms with Gasteiger partial charge in [0.1, 0.15) is 0 Å². The Balaban J connectivity index is -0.000000238. The zero-order chi connectivity index (χ0) is 34.8. The lowest BCUT2D eigenvalue weighted by Crippen LogP contribution is -2.15. The summed E-state index contributed by atoms with van der Waals surface area (Å²) < 4.78 is 4.94. The molecule has 0 aliphatic carbocycles. The second-order valence-corrected chi connectivity index (χ2v) is 10.1. The predicted molar refractivity (Wildman–Crippen MR) is 200 cm³/mol. The molecular weight excluding hydrogens is 563 g/mol. The van der Waals surface area contributed by atoms with Crippen LogP contribution in [0.15, 0.2) is 71.6 Å². The van der Waals surface area contributed by atoms with E-state index in [2.05, 4.69) is 119 Å². The van der Waals surface area contributed by atoms with Gasteiger partial charge >= 0.3 is 0 Å². The van der Waals surface area contributed by atoms with Gasteiger partial charge in [0.15, 0.2) is 0 Å². The molecule has 0 spiro atoms. The van der Waals surface area contributed by atoms with Crippen LogP contribution in [0, 0.1) is 0 Å². The van der Waals surface area contributed by atoms with Gasteiger partial charge in [0, 0.05) is 88.0 Å². The quantitative estimate of drug-likeness (QED) is 0.288.